The average Bonchev–Trinajstić information content (AvgIpc) is 3.33. The van der Waals surface area contributed by atoms with Crippen molar-refractivity contribution in [1.29, 1.82) is 5.41 Å². The van der Waals surface area contributed by atoms with Gasteiger partial charge in [0.05, 0.1) is 19.8 Å². The Balaban J connectivity index is 1.41. The molecule has 1 N–H and O–H groups in total. The highest BCUT2D eigenvalue weighted by molar-refractivity contribution is 8.26. The summed E-state index contributed by atoms with van der Waals surface area (Å²) in [5, 5.41) is 15.4. The number of fused-ring (bicyclic) bond motifs is 1. The molecule has 0 radical (unpaired) electrons. The first-order valence-electron chi connectivity index (χ1n) is 11.7. The SMILES string of the molecule is C=CCc1ccc(OCCOc2ccc(/C=C3/C(=N)N4N=C(CC)SC4=NC3=O)cc2OC)c(OC)c1. The number of aliphatic imine (C=N–C) groups is 1. The molecule has 0 atom stereocenters. The number of carbonyl (C=O) groups is 1. The van der Waals surface area contributed by atoms with E-state index in [4.69, 9.17) is 24.4 Å². The van der Waals surface area contributed by atoms with Crippen molar-refractivity contribution in [3.63, 3.8) is 0 Å². The minimum atomic E-state index is -0.472. The fourth-order valence-corrected chi connectivity index (χ4v) is 4.49. The number of allylic oxidation sites excluding steroid dienone is 1. The van der Waals surface area contributed by atoms with Gasteiger partial charge in [0.15, 0.2) is 28.8 Å². The van der Waals surface area contributed by atoms with Crippen molar-refractivity contribution in [2.45, 2.75) is 19.8 Å². The molecule has 2 aromatic rings. The Kier molecular flexibility index (Phi) is 8.29. The molecule has 37 heavy (non-hydrogen) atoms. The van der Waals surface area contributed by atoms with Gasteiger partial charge in [-0.2, -0.15) is 15.1 Å². The normalized spacial score (nSPS) is 15.8. The highest BCUT2D eigenvalue weighted by Gasteiger charge is 2.35. The maximum Gasteiger partial charge on any atom is 0.283 e. The Hall–Kier alpha value is -4.05. The zero-order chi connectivity index (χ0) is 26.4. The molecule has 0 spiro atoms. The summed E-state index contributed by atoms with van der Waals surface area (Å²) < 4.78 is 22.6. The fourth-order valence-electron chi connectivity index (χ4n) is 3.66. The summed E-state index contributed by atoms with van der Waals surface area (Å²) in [6.45, 7) is 6.30. The highest BCUT2D eigenvalue weighted by Crippen LogP contribution is 2.32. The first-order valence-corrected chi connectivity index (χ1v) is 12.5. The van der Waals surface area contributed by atoms with Crippen molar-refractivity contribution >= 4 is 39.8 Å². The monoisotopic (exact) mass is 520 g/mol. The van der Waals surface area contributed by atoms with Crippen molar-refractivity contribution in [3.8, 4) is 23.0 Å². The van der Waals surface area contributed by atoms with E-state index in [1.807, 2.05) is 31.2 Å². The van der Waals surface area contributed by atoms with Crippen LogP contribution in [-0.4, -0.2) is 54.4 Å². The lowest BCUT2D eigenvalue weighted by Gasteiger charge is -2.20. The number of methoxy groups -OCH3 is 2. The summed E-state index contributed by atoms with van der Waals surface area (Å²) in [5.74, 6) is 1.82. The zero-order valence-electron chi connectivity index (χ0n) is 20.9. The quantitative estimate of drug-likeness (QED) is 0.255. The number of nitrogens with one attached hydrogen (secondary N) is 1. The van der Waals surface area contributed by atoms with Gasteiger partial charge in [0.1, 0.15) is 18.3 Å². The van der Waals surface area contributed by atoms with Gasteiger partial charge in [-0.15, -0.1) is 6.58 Å². The number of amides is 1. The number of nitrogens with zero attached hydrogens (tertiary/aromatic N) is 3. The molecule has 0 aliphatic carbocycles. The van der Waals surface area contributed by atoms with Crippen LogP contribution in [0.2, 0.25) is 0 Å². The van der Waals surface area contributed by atoms with E-state index in [0.717, 1.165) is 17.0 Å². The van der Waals surface area contributed by atoms with Crippen LogP contribution in [0, 0.1) is 5.41 Å². The molecule has 2 aliphatic rings. The minimum absolute atomic E-state index is 0.00431. The number of ether oxygens (including phenoxy) is 4. The number of hydrogen-bond donors (Lipinski definition) is 1. The van der Waals surface area contributed by atoms with E-state index in [-0.39, 0.29) is 18.0 Å². The van der Waals surface area contributed by atoms with E-state index < -0.39 is 5.91 Å². The number of thioether (sulfide) groups is 1. The maximum absolute atomic E-state index is 12.6. The van der Waals surface area contributed by atoms with Crippen molar-refractivity contribution in [2.75, 3.05) is 27.4 Å². The van der Waals surface area contributed by atoms with Crippen LogP contribution in [0.3, 0.4) is 0 Å². The summed E-state index contributed by atoms with van der Waals surface area (Å²) in [7, 11) is 3.14. The number of carbonyl (C=O) groups excluding carboxylic acids is 1. The zero-order valence-corrected chi connectivity index (χ0v) is 21.8. The number of benzene rings is 2. The van der Waals surface area contributed by atoms with Crippen LogP contribution in [0.4, 0.5) is 0 Å². The van der Waals surface area contributed by atoms with Gasteiger partial charge in [0.25, 0.3) is 5.91 Å². The first-order chi connectivity index (χ1) is 18.0. The van der Waals surface area contributed by atoms with Gasteiger partial charge < -0.3 is 18.9 Å². The number of amidine groups is 2. The number of hydrazone groups is 1. The van der Waals surface area contributed by atoms with Gasteiger partial charge in [0.2, 0.25) is 5.17 Å². The molecular formula is C27H28N4O5S. The Labute approximate surface area is 220 Å². The maximum atomic E-state index is 12.6. The molecule has 4 rings (SSSR count). The lowest BCUT2D eigenvalue weighted by atomic mass is 10.1. The molecule has 0 saturated heterocycles. The van der Waals surface area contributed by atoms with E-state index in [1.165, 1.54) is 23.9 Å². The highest BCUT2D eigenvalue weighted by atomic mass is 32.2. The van der Waals surface area contributed by atoms with Crippen LogP contribution in [0.1, 0.15) is 24.5 Å². The molecule has 1 amide bonds. The standard InChI is InChI=1S/C27H28N4O5S/c1-5-7-17-8-10-20(22(15-17)33-3)35-12-13-36-21-11-9-18(16-23(21)34-4)14-19-25(28)31-27(29-26(19)32)37-24(6-2)30-31/h5,8-11,14-16,28H,1,6-7,12-13H2,2-4H3/b19-14-,28-25?. The summed E-state index contributed by atoms with van der Waals surface area (Å²) in [4.78, 5) is 16.7. The molecule has 10 heteroatoms. The van der Waals surface area contributed by atoms with Crippen LogP contribution in [0.25, 0.3) is 6.08 Å². The Morgan fingerprint density at radius 3 is 2.35 bits per heavy atom. The second-order valence-electron chi connectivity index (χ2n) is 7.95. The molecule has 9 nitrogen and oxygen atoms in total. The van der Waals surface area contributed by atoms with E-state index >= 15 is 0 Å². The largest absolute Gasteiger partial charge is 0.493 e. The van der Waals surface area contributed by atoms with Crippen molar-refractivity contribution in [3.05, 3.63) is 65.8 Å². The summed E-state index contributed by atoms with van der Waals surface area (Å²) in [6, 6.07) is 11.0. The molecule has 192 valence electrons. The van der Waals surface area contributed by atoms with Gasteiger partial charge in [-0.3, -0.25) is 10.2 Å². The summed E-state index contributed by atoms with van der Waals surface area (Å²) in [5.41, 5.74) is 1.91. The Bertz CT molecular complexity index is 1320. The molecule has 0 aromatic heterocycles. The van der Waals surface area contributed by atoms with Crippen LogP contribution in [-0.2, 0) is 11.2 Å². The van der Waals surface area contributed by atoms with Crippen LogP contribution in [0.15, 0.2) is 64.7 Å². The molecule has 2 aliphatic heterocycles. The Morgan fingerprint density at radius 2 is 1.70 bits per heavy atom. The van der Waals surface area contributed by atoms with E-state index in [0.29, 0.717) is 46.8 Å². The molecule has 0 saturated carbocycles. The second-order valence-corrected chi connectivity index (χ2v) is 8.99. The predicted octanol–water partition coefficient (Wildman–Crippen LogP) is 4.92. The van der Waals surface area contributed by atoms with Gasteiger partial charge in [-0.05, 0) is 66.1 Å². The molecule has 0 bridgehead atoms. The topological polar surface area (TPSA) is 106 Å². The third-order valence-electron chi connectivity index (χ3n) is 5.50. The Morgan fingerprint density at radius 1 is 1.03 bits per heavy atom. The first kappa shape index (κ1) is 26.0. The van der Waals surface area contributed by atoms with Gasteiger partial charge >= 0.3 is 0 Å². The van der Waals surface area contributed by atoms with E-state index in [9.17, 15) is 4.79 Å². The van der Waals surface area contributed by atoms with Gasteiger partial charge in [-0.1, -0.05) is 25.1 Å². The smallest absolute Gasteiger partial charge is 0.283 e. The molecule has 2 heterocycles. The molecule has 0 fully saturated rings. The average molecular weight is 521 g/mol. The van der Waals surface area contributed by atoms with Crippen molar-refractivity contribution in [2.24, 2.45) is 10.1 Å². The van der Waals surface area contributed by atoms with Crippen LogP contribution < -0.4 is 18.9 Å². The third-order valence-corrected chi connectivity index (χ3v) is 6.56. The summed E-state index contributed by atoms with van der Waals surface area (Å²) in [6.07, 6.45) is 4.90. The van der Waals surface area contributed by atoms with E-state index in [2.05, 4.69) is 16.7 Å². The lowest BCUT2D eigenvalue weighted by Crippen LogP contribution is -2.35. The van der Waals surface area contributed by atoms with Crippen molar-refractivity contribution in [1.82, 2.24) is 5.01 Å². The predicted molar refractivity (Wildman–Crippen MR) is 146 cm³/mol. The molecular weight excluding hydrogens is 492 g/mol. The van der Waals surface area contributed by atoms with Crippen LogP contribution >= 0.6 is 11.8 Å². The minimum Gasteiger partial charge on any atom is -0.493 e. The van der Waals surface area contributed by atoms with Crippen LogP contribution in [0.5, 0.6) is 23.0 Å². The van der Waals surface area contributed by atoms with Crippen molar-refractivity contribution < 1.29 is 23.7 Å². The fraction of sp³-hybridized carbons (Fsp3) is 0.259. The molecule has 0 unspecified atom stereocenters. The third kappa shape index (κ3) is 5.86. The van der Waals surface area contributed by atoms with Gasteiger partial charge in [0, 0.05) is 0 Å². The number of rotatable bonds is 11. The second kappa shape index (κ2) is 11.8. The summed E-state index contributed by atoms with van der Waals surface area (Å²) >= 11 is 1.31. The molecule has 2 aromatic carbocycles. The van der Waals surface area contributed by atoms with E-state index in [1.54, 1.807) is 31.4 Å². The van der Waals surface area contributed by atoms with Gasteiger partial charge in [-0.25, -0.2) is 0 Å². The lowest BCUT2D eigenvalue weighted by molar-refractivity contribution is -0.114. The number of hydrogen-bond acceptors (Lipinski definition) is 8.